The van der Waals surface area contributed by atoms with E-state index in [1.54, 1.807) is 30.5 Å². The molecule has 38 heavy (non-hydrogen) atoms. The maximum Gasteiger partial charge on any atom is 0.266 e. The highest BCUT2D eigenvalue weighted by molar-refractivity contribution is 7.21. The lowest BCUT2D eigenvalue weighted by molar-refractivity contribution is 0.0612. The first kappa shape index (κ1) is 28.0. The number of methoxy groups -OCH3 is 1. The van der Waals surface area contributed by atoms with Gasteiger partial charge in [-0.2, -0.15) is 0 Å². The summed E-state index contributed by atoms with van der Waals surface area (Å²) in [6.07, 6.45) is 12.2. The maximum atomic E-state index is 14.6. The molecular formula is C29H30ClF2N3O2S. The first-order valence-corrected chi connectivity index (χ1v) is 13.6. The number of hydrogen-bond acceptors (Lipinski definition) is 5. The van der Waals surface area contributed by atoms with Gasteiger partial charge in [0, 0.05) is 24.5 Å². The largest absolute Gasteiger partial charge is 0.499 e. The van der Waals surface area contributed by atoms with Crippen molar-refractivity contribution in [3.63, 3.8) is 0 Å². The van der Waals surface area contributed by atoms with E-state index in [0.717, 1.165) is 60.3 Å². The standard InChI is InChI=1S/C29H30ClF2N3O2S/c1-4-5-19(18-12-14-34-15-13-18)16-22(37-3)17-35(21-8-6-20(33-2)7-9-21)29(36)28-26(30)25-23(31)10-11-24(32)27(25)38-28/h4-5,10-16,20-21,33H,1,6-9,17H2,2-3H3/b19-5+,22-16-. The van der Waals surface area contributed by atoms with Crippen molar-refractivity contribution in [2.24, 2.45) is 0 Å². The lowest BCUT2D eigenvalue weighted by atomic mass is 9.90. The predicted octanol–water partition coefficient (Wildman–Crippen LogP) is 7.00. The Kier molecular flexibility index (Phi) is 9.31. The highest BCUT2D eigenvalue weighted by atomic mass is 35.5. The molecular weight excluding hydrogens is 528 g/mol. The molecule has 3 aromatic rings. The predicted molar refractivity (Wildman–Crippen MR) is 150 cm³/mol. The molecule has 200 valence electrons. The van der Waals surface area contributed by atoms with Crippen LogP contribution in [0.3, 0.4) is 0 Å². The second-order valence-corrected chi connectivity index (χ2v) is 10.5. The quantitative estimate of drug-likeness (QED) is 0.227. The molecule has 1 aliphatic rings. The number of thiophene rings is 1. The fraction of sp³-hybridized carbons (Fsp3) is 0.310. The van der Waals surface area contributed by atoms with Gasteiger partial charge in [0.2, 0.25) is 0 Å². The van der Waals surface area contributed by atoms with E-state index in [2.05, 4.69) is 16.9 Å². The van der Waals surface area contributed by atoms with Crippen LogP contribution in [0, 0.1) is 11.6 Å². The summed E-state index contributed by atoms with van der Waals surface area (Å²) >= 11 is 7.39. The molecule has 5 nitrogen and oxygen atoms in total. The number of benzene rings is 1. The Morgan fingerprint density at radius 1 is 1.21 bits per heavy atom. The minimum Gasteiger partial charge on any atom is -0.499 e. The number of carbonyl (C=O) groups is 1. The third-order valence-electron chi connectivity index (χ3n) is 6.90. The number of nitrogens with one attached hydrogen (secondary N) is 1. The Morgan fingerprint density at radius 2 is 1.89 bits per heavy atom. The van der Waals surface area contributed by atoms with Gasteiger partial charge in [-0.15, -0.1) is 11.3 Å². The van der Waals surface area contributed by atoms with Crippen molar-refractivity contribution in [1.29, 1.82) is 0 Å². The van der Waals surface area contributed by atoms with Crippen molar-refractivity contribution >= 4 is 44.5 Å². The zero-order valence-corrected chi connectivity index (χ0v) is 22.9. The number of amides is 1. The summed E-state index contributed by atoms with van der Waals surface area (Å²) in [4.78, 5) is 19.9. The summed E-state index contributed by atoms with van der Waals surface area (Å²) in [7, 11) is 3.49. The van der Waals surface area contributed by atoms with Crippen molar-refractivity contribution in [2.75, 3.05) is 20.7 Å². The molecule has 0 unspecified atom stereocenters. The smallest absolute Gasteiger partial charge is 0.266 e. The van der Waals surface area contributed by atoms with Gasteiger partial charge in [-0.1, -0.05) is 30.3 Å². The first-order chi connectivity index (χ1) is 18.4. The zero-order valence-electron chi connectivity index (χ0n) is 21.3. The average molecular weight is 558 g/mol. The minimum atomic E-state index is -0.656. The van der Waals surface area contributed by atoms with Gasteiger partial charge in [-0.25, -0.2) is 8.78 Å². The second kappa shape index (κ2) is 12.7. The molecule has 0 aliphatic heterocycles. The Hall–Kier alpha value is -3.07. The van der Waals surface area contributed by atoms with E-state index in [1.807, 2.05) is 31.3 Å². The second-order valence-electron chi connectivity index (χ2n) is 9.11. The number of allylic oxidation sites excluding steroid dienone is 4. The van der Waals surface area contributed by atoms with Crippen LogP contribution in [0.1, 0.15) is 40.9 Å². The van der Waals surface area contributed by atoms with Crippen LogP contribution in [0.4, 0.5) is 8.78 Å². The topological polar surface area (TPSA) is 54.5 Å². The van der Waals surface area contributed by atoms with Crippen LogP contribution in [0.25, 0.3) is 15.7 Å². The Morgan fingerprint density at radius 3 is 2.50 bits per heavy atom. The van der Waals surface area contributed by atoms with Crippen LogP contribution in [0.15, 0.2) is 67.2 Å². The van der Waals surface area contributed by atoms with E-state index in [-0.39, 0.29) is 38.5 Å². The number of aromatic nitrogens is 1. The van der Waals surface area contributed by atoms with Crippen LogP contribution >= 0.6 is 22.9 Å². The van der Waals surface area contributed by atoms with E-state index in [1.165, 1.54) is 0 Å². The third-order valence-corrected chi connectivity index (χ3v) is 8.57. The number of fused-ring (bicyclic) bond motifs is 1. The fourth-order valence-electron chi connectivity index (χ4n) is 4.82. The molecule has 1 N–H and O–H groups in total. The van der Waals surface area contributed by atoms with Crippen molar-refractivity contribution in [2.45, 2.75) is 37.8 Å². The summed E-state index contributed by atoms with van der Waals surface area (Å²) in [6.45, 7) is 3.98. The highest BCUT2D eigenvalue weighted by Gasteiger charge is 2.33. The van der Waals surface area contributed by atoms with E-state index in [0.29, 0.717) is 11.8 Å². The SMILES string of the molecule is C=C/C=C(\C=C(\CN(C(=O)c1sc2c(F)ccc(F)c2c1Cl)C1CCC(NC)CC1)OC)c1ccncc1. The number of halogens is 3. The van der Waals surface area contributed by atoms with Crippen LogP contribution in [-0.4, -0.2) is 48.6 Å². The number of rotatable bonds is 9. The summed E-state index contributed by atoms with van der Waals surface area (Å²) in [6, 6.07) is 6.12. The third kappa shape index (κ3) is 5.98. The van der Waals surface area contributed by atoms with Gasteiger partial charge in [0.15, 0.2) is 0 Å². The van der Waals surface area contributed by atoms with E-state index >= 15 is 0 Å². The lowest BCUT2D eigenvalue weighted by Gasteiger charge is -2.37. The van der Waals surface area contributed by atoms with Crippen LogP contribution in [0.2, 0.25) is 5.02 Å². The van der Waals surface area contributed by atoms with Crippen molar-refractivity contribution in [3.8, 4) is 0 Å². The Balaban J connectivity index is 1.73. The highest BCUT2D eigenvalue weighted by Crippen LogP contribution is 2.40. The summed E-state index contributed by atoms with van der Waals surface area (Å²) in [5.74, 6) is -1.09. The monoisotopic (exact) mass is 557 g/mol. The molecule has 1 amide bonds. The first-order valence-electron chi connectivity index (χ1n) is 12.4. The van der Waals surface area contributed by atoms with Gasteiger partial charge < -0.3 is 15.0 Å². The normalized spacial score (nSPS) is 18.4. The molecule has 0 radical (unpaired) electrons. The van der Waals surface area contributed by atoms with Crippen LogP contribution in [0.5, 0.6) is 0 Å². The van der Waals surface area contributed by atoms with Crippen LogP contribution < -0.4 is 5.32 Å². The fourth-order valence-corrected chi connectivity index (χ4v) is 6.32. The molecule has 2 aromatic heterocycles. The molecule has 2 heterocycles. The summed E-state index contributed by atoms with van der Waals surface area (Å²) in [5, 5.41) is 3.19. The van der Waals surface area contributed by atoms with Crippen molar-refractivity contribution in [3.05, 3.63) is 94.3 Å². The van der Waals surface area contributed by atoms with Crippen LogP contribution in [-0.2, 0) is 4.74 Å². The molecule has 1 fully saturated rings. The Bertz CT molecular complexity index is 1370. The van der Waals surface area contributed by atoms with Gasteiger partial charge in [0.1, 0.15) is 22.3 Å². The van der Waals surface area contributed by atoms with Gasteiger partial charge in [-0.05, 0) is 74.2 Å². The zero-order chi connectivity index (χ0) is 27.2. The molecule has 9 heteroatoms. The molecule has 1 aliphatic carbocycles. The molecule has 0 atom stereocenters. The van der Waals surface area contributed by atoms with Crippen molar-refractivity contribution < 1.29 is 18.3 Å². The van der Waals surface area contributed by atoms with E-state index in [4.69, 9.17) is 16.3 Å². The molecule has 1 aromatic carbocycles. The lowest BCUT2D eigenvalue weighted by Crippen LogP contribution is -2.45. The average Bonchev–Trinajstić information content (AvgIpc) is 3.31. The minimum absolute atomic E-state index is 0.0357. The Labute approximate surface area is 230 Å². The number of nitrogens with zero attached hydrogens (tertiary/aromatic N) is 2. The molecule has 0 spiro atoms. The molecule has 1 saturated carbocycles. The van der Waals surface area contributed by atoms with Gasteiger partial charge in [-0.3, -0.25) is 9.78 Å². The molecule has 0 bridgehead atoms. The van der Waals surface area contributed by atoms with Gasteiger partial charge >= 0.3 is 0 Å². The van der Waals surface area contributed by atoms with Gasteiger partial charge in [0.05, 0.1) is 28.8 Å². The molecule has 4 rings (SSSR count). The summed E-state index contributed by atoms with van der Waals surface area (Å²) in [5.41, 5.74) is 1.76. The number of carbonyl (C=O) groups excluding carboxylic acids is 1. The van der Waals surface area contributed by atoms with E-state index < -0.39 is 11.6 Å². The van der Waals surface area contributed by atoms with Crippen molar-refractivity contribution in [1.82, 2.24) is 15.2 Å². The number of hydrogen-bond donors (Lipinski definition) is 1. The van der Waals surface area contributed by atoms with Gasteiger partial charge in [0.25, 0.3) is 5.91 Å². The maximum absolute atomic E-state index is 14.6. The molecule has 0 saturated heterocycles. The number of pyridine rings is 1. The number of ether oxygens (including phenoxy) is 1. The summed E-state index contributed by atoms with van der Waals surface area (Å²) < 4.78 is 34.8. The van der Waals surface area contributed by atoms with E-state index in [9.17, 15) is 13.6 Å².